The van der Waals surface area contributed by atoms with E-state index in [1.807, 2.05) is 19.9 Å². The molecule has 0 unspecified atom stereocenters. The maximum atomic E-state index is 12.1. The number of nitrogens with one attached hydrogen (secondary N) is 3. The van der Waals surface area contributed by atoms with Gasteiger partial charge in [-0.15, -0.1) is 0 Å². The van der Waals surface area contributed by atoms with E-state index < -0.39 is 20.2 Å². The highest BCUT2D eigenvalue weighted by atomic mass is 32.2. The van der Waals surface area contributed by atoms with Crippen LogP contribution in [-0.2, 0) is 20.2 Å². The van der Waals surface area contributed by atoms with Crippen LogP contribution in [0.3, 0.4) is 0 Å². The molecule has 0 fully saturated rings. The van der Waals surface area contributed by atoms with Crippen molar-refractivity contribution < 1.29 is 31.0 Å². The van der Waals surface area contributed by atoms with Crippen molar-refractivity contribution in [2.75, 3.05) is 29.1 Å². The number of azo groups is 2. The van der Waals surface area contributed by atoms with E-state index >= 15 is 0 Å². The predicted octanol–water partition coefficient (Wildman–Crippen LogP) is 9.01. The van der Waals surface area contributed by atoms with E-state index in [0.29, 0.717) is 50.0 Å². The molecule has 0 saturated carbocycles. The summed E-state index contributed by atoms with van der Waals surface area (Å²) in [7, 11) is -8.94. The molecule has 7 aromatic rings. The molecule has 0 spiro atoms. The van der Waals surface area contributed by atoms with Gasteiger partial charge in [0.15, 0.2) is 0 Å². The van der Waals surface area contributed by atoms with E-state index in [2.05, 4.69) is 51.4 Å². The summed E-state index contributed by atoms with van der Waals surface area (Å²) in [5.41, 5.74) is 4.44. The molecule has 0 amide bonds. The number of aromatic nitrogens is 3. The SMILES string of the molecule is Cc1cc(Nc2nc(NCCO)nc(Nc3ccc(/N=N/c4ccc5cccc(S(=O)(=O)O)c5c4)c(C)c3)n2)ccc1/N=N/c1cc(S(=O)(=O)O)c2ccccc2c1. The zero-order valence-electron chi connectivity index (χ0n) is 30.7. The monoisotopic (exact) mass is 818 g/mol. The molecule has 0 aliphatic carbocycles. The van der Waals surface area contributed by atoms with Gasteiger partial charge in [0.05, 0.1) is 29.4 Å². The van der Waals surface area contributed by atoms with Crippen LogP contribution in [0.4, 0.5) is 52.0 Å². The lowest BCUT2D eigenvalue weighted by Gasteiger charge is -2.12. The van der Waals surface area contributed by atoms with E-state index in [-0.39, 0.29) is 46.5 Å². The molecule has 0 radical (unpaired) electrons. The minimum Gasteiger partial charge on any atom is -0.395 e. The number of rotatable bonds is 13. The summed E-state index contributed by atoms with van der Waals surface area (Å²) in [6.45, 7) is 3.71. The minimum absolute atomic E-state index is 0.154. The summed E-state index contributed by atoms with van der Waals surface area (Å²) >= 11 is 0. The summed E-state index contributed by atoms with van der Waals surface area (Å²) in [6.07, 6.45) is 0. The van der Waals surface area contributed by atoms with Crippen molar-refractivity contribution in [3.05, 3.63) is 120 Å². The predicted molar refractivity (Wildman–Crippen MR) is 220 cm³/mol. The number of nitrogens with zero attached hydrogens (tertiary/aromatic N) is 7. The number of hydrogen-bond donors (Lipinski definition) is 6. The molecule has 294 valence electrons. The number of anilines is 5. The summed E-state index contributed by atoms with van der Waals surface area (Å²) in [4.78, 5) is 12.9. The van der Waals surface area contributed by atoms with E-state index in [1.54, 1.807) is 91.0 Å². The minimum atomic E-state index is -4.51. The molecule has 0 bridgehead atoms. The maximum absolute atomic E-state index is 12.1. The van der Waals surface area contributed by atoms with Crippen molar-refractivity contribution >= 4 is 93.8 Å². The zero-order chi connectivity index (χ0) is 41.0. The first-order valence-electron chi connectivity index (χ1n) is 17.4. The van der Waals surface area contributed by atoms with Crippen molar-refractivity contribution in [1.29, 1.82) is 0 Å². The Morgan fingerprint density at radius 2 is 1.14 bits per heavy atom. The topological polar surface area (TPSA) is 253 Å². The van der Waals surface area contributed by atoms with E-state index in [0.717, 1.165) is 11.1 Å². The van der Waals surface area contributed by atoms with Gasteiger partial charge in [-0.3, -0.25) is 9.11 Å². The molecule has 0 aliphatic heterocycles. The van der Waals surface area contributed by atoms with Gasteiger partial charge in [-0.1, -0.05) is 42.5 Å². The molecule has 6 N–H and O–H groups in total. The molecule has 0 atom stereocenters. The van der Waals surface area contributed by atoms with Gasteiger partial charge in [0.25, 0.3) is 20.2 Å². The summed E-state index contributed by atoms with van der Waals surface area (Å²) in [6, 6.07) is 29.8. The van der Waals surface area contributed by atoms with Crippen molar-refractivity contribution in [3.63, 3.8) is 0 Å². The molecule has 7 rings (SSSR count). The first kappa shape index (κ1) is 39.5. The van der Waals surface area contributed by atoms with Gasteiger partial charge in [0, 0.05) is 28.7 Å². The van der Waals surface area contributed by atoms with Crippen LogP contribution in [0.5, 0.6) is 0 Å². The van der Waals surface area contributed by atoms with Crippen LogP contribution in [0.25, 0.3) is 21.5 Å². The fourth-order valence-corrected chi connectivity index (χ4v) is 7.40. The quantitative estimate of drug-likeness (QED) is 0.0470. The van der Waals surface area contributed by atoms with Crippen LogP contribution in [0, 0.1) is 13.8 Å². The number of benzene rings is 6. The summed E-state index contributed by atoms with van der Waals surface area (Å²) in [5, 5.41) is 37.8. The van der Waals surface area contributed by atoms with Crippen molar-refractivity contribution in [1.82, 2.24) is 15.0 Å². The summed E-state index contributed by atoms with van der Waals surface area (Å²) < 4.78 is 67.4. The molecule has 0 aliphatic rings. The fourth-order valence-electron chi connectivity index (χ4n) is 5.96. The lowest BCUT2D eigenvalue weighted by molar-refractivity contribution is 0.311. The fraction of sp³-hybridized carbons (Fsp3) is 0.103. The highest BCUT2D eigenvalue weighted by Gasteiger charge is 2.17. The van der Waals surface area contributed by atoms with Crippen molar-refractivity contribution in [2.45, 2.75) is 23.6 Å². The third-order valence-electron chi connectivity index (χ3n) is 8.67. The average Bonchev–Trinajstić information content (AvgIpc) is 3.18. The van der Waals surface area contributed by atoms with E-state index in [9.17, 15) is 31.0 Å². The summed E-state index contributed by atoms with van der Waals surface area (Å²) in [5.74, 6) is 0.583. The second kappa shape index (κ2) is 16.4. The smallest absolute Gasteiger partial charge is 0.295 e. The normalized spacial score (nSPS) is 12.2. The van der Waals surface area contributed by atoms with Crippen LogP contribution in [0.2, 0.25) is 0 Å². The van der Waals surface area contributed by atoms with Crippen molar-refractivity contribution in [3.8, 4) is 0 Å². The lowest BCUT2D eigenvalue weighted by Crippen LogP contribution is -2.12. The highest BCUT2D eigenvalue weighted by molar-refractivity contribution is 7.86. The number of aliphatic hydroxyl groups excluding tert-OH is 1. The van der Waals surface area contributed by atoms with Crippen molar-refractivity contribution in [2.24, 2.45) is 20.5 Å². The molecular weight excluding hydrogens is 785 g/mol. The second-order valence-electron chi connectivity index (χ2n) is 12.9. The first-order valence-corrected chi connectivity index (χ1v) is 20.3. The largest absolute Gasteiger partial charge is 0.395 e. The third kappa shape index (κ3) is 9.26. The molecule has 0 saturated heterocycles. The standard InChI is InChI=1S/C39H34N10O7S2/c1-23-18-27(12-14-33(23)48-46-29-11-10-25-7-5-9-35(32(25)21-29)57(51,52)53)41-38-43-37(40-16-17-50)44-39(45-38)42-28-13-15-34(24(2)19-28)49-47-30-20-26-6-3-4-8-31(26)36(22-30)58(54,55)56/h3-15,18-22,50H,16-17H2,1-2H3,(H,51,52,53)(H,54,55,56)(H3,40,41,42,43,44,45)/b48-46+,49-47+. The van der Waals surface area contributed by atoms with Gasteiger partial charge in [-0.2, -0.15) is 52.2 Å². The van der Waals surface area contributed by atoms with Crippen LogP contribution < -0.4 is 16.0 Å². The van der Waals surface area contributed by atoms with Crippen LogP contribution in [0.1, 0.15) is 11.1 Å². The Morgan fingerprint density at radius 3 is 1.74 bits per heavy atom. The van der Waals surface area contributed by atoms with Gasteiger partial charge in [-0.25, -0.2) is 0 Å². The lowest BCUT2D eigenvalue weighted by atomic mass is 10.1. The molecule has 58 heavy (non-hydrogen) atoms. The Labute approximate surface area is 332 Å². The second-order valence-corrected chi connectivity index (χ2v) is 15.7. The number of fused-ring (bicyclic) bond motifs is 2. The Hall–Kier alpha value is -6.77. The molecule has 1 heterocycles. The molecular formula is C39H34N10O7S2. The first-order chi connectivity index (χ1) is 27.7. The Bertz CT molecular complexity index is 3000. The van der Waals surface area contributed by atoms with E-state index in [1.165, 1.54) is 12.1 Å². The maximum Gasteiger partial charge on any atom is 0.295 e. The van der Waals surface area contributed by atoms with Gasteiger partial charge < -0.3 is 21.1 Å². The third-order valence-corrected chi connectivity index (χ3v) is 10.5. The number of aryl methyl sites for hydroxylation is 2. The number of aliphatic hydroxyl groups is 1. The van der Waals surface area contributed by atoms with Gasteiger partial charge in [0.1, 0.15) is 9.79 Å². The average molecular weight is 819 g/mol. The van der Waals surface area contributed by atoms with Gasteiger partial charge in [-0.05, 0) is 102 Å². The molecule has 6 aromatic carbocycles. The van der Waals surface area contributed by atoms with Crippen LogP contribution in [-0.4, -0.2) is 59.2 Å². The van der Waals surface area contributed by atoms with Gasteiger partial charge in [0.2, 0.25) is 17.8 Å². The highest BCUT2D eigenvalue weighted by Crippen LogP contribution is 2.33. The van der Waals surface area contributed by atoms with Crippen LogP contribution >= 0.6 is 0 Å². The number of hydrogen-bond acceptors (Lipinski definition) is 15. The molecule has 19 heteroatoms. The Kier molecular flexibility index (Phi) is 11.1. The van der Waals surface area contributed by atoms with E-state index in [4.69, 9.17) is 0 Å². The zero-order valence-corrected chi connectivity index (χ0v) is 32.4. The van der Waals surface area contributed by atoms with Gasteiger partial charge >= 0.3 is 0 Å². The Balaban J connectivity index is 1.08. The van der Waals surface area contributed by atoms with Crippen LogP contribution in [0.15, 0.2) is 139 Å². The Morgan fingerprint density at radius 1 is 0.552 bits per heavy atom. The molecule has 1 aromatic heterocycles. The molecule has 17 nitrogen and oxygen atoms in total.